The Morgan fingerprint density at radius 3 is 2.60 bits per heavy atom. The number of fused-ring (bicyclic) bond motifs is 1. The van der Waals surface area contributed by atoms with E-state index < -0.39 is 9.84 Å². The highest BCUT2D eigenvalue weighted by Crippen LogP contribution is 2.32. The van der Waals surface area contributed by atoms with E-state index in [0.29, 0.717) is 5.92 Å². The Morgan fingerprint density at radius 2 is 1.96 bits per heavy atom. The summed E-state index contributed by atoms with van der Waals surface area (Å²) in [5.41, 5.74) is 2.20. The SMILES string of the molecule is CC1CCc2sc(C(=O)NC(C)c3ccc(S(C)(=O)=O)cc3)cc2C1. The van der Waals surface area contributed by atoms with E-state index >= 15 is 0 Å². The largest absolute Gasteiger partial charge is 0.345 e. The molecule has 1 aromatic heterocycles. The average molecular weight is 378 g/mol. The molecule has 1 N–H and O–H groups in total. The highest BCUT2D eigenvalue weighted by molar-refractivity contribution is 7.90. The first-order valence-corrected chi connectivity index (χ1v) is 11.2. The summed E-state index contributed by atoms with van der Waals surface area (Å²) in [6, 6.07) is 8.52. The molecule has 25 heavy (non-hydrogen) atoms. The molecule has 0 saturated carbocycles. The fourth-order valence-electron chi connectivity index (χ4n) is 3.17. The Morgan fingerprint density at radius 1 is 1.28 bits per heavy atom. The van der Waals surface area contributed by atoms with E-state index in [1.54, 1.807) is 35.6 Å². The maximum atomic E-state index is 12.6. The number of rotatable bonds is 4. The van der Waals surface area contributed by atoms with Gasteiger partial charge in [0.15, 0.2) is 9.84 Å². The van der Waals surface area contributed by atoms with E-state index in [1.165, 1.54) is 23.1 Å². The van der Waals surface area contributed by atoms with Gasteiger partial charge in [-0.15, -0.1) is 11.3 Å². The molecule has 0 fully saturated rings. The molecule has 3 rings (SSSR count). The highest BCUT2D eigenvalue weighted by atomic mass is 32.2. The van der Waals surface area contributed by atoms with Crippen LogP contribution < -0.4 is 5.32 Å². The number of aryl methyl sites for hydroxylation is 1. The van der Waals surface area contributed by atoms with Gasteiger partial charge >= 0.3 is 0 Å². The third-order valence-electron chi connectivity index (χ3n) is 4.71. The summed E-state index contributed by atoms with van der Waals surface area (Å²) in [6.07, 6.45) is 4.50. The lowest BCUT2D eigenvalue weighted by atomic mass is 9.90. The maximum absolute atomic E-state index is 12.6. The first-order valence-electron chi connectivity index (χ1n) is 8.46. The van der Waals surface area contributed by atoms with Crippen LogP contribution in [0.15, 0.2) is 35.2 Å². The molecule has 1 aliphatic rings. The van der Waals surface area contributed by atoms with Crippen LogP contribution in [-0.2, 0) is 22.7 Å². The summed E-state index contributed by atoms with van der Waals surface area (Å²) >= 11 is 1.60. The van der Waals surface area contributed by atoms with E-state index in [4.69, 9.17) is 0 Å². The molecule has 4 nitrogen and oxygen atoms in total. The number of sulfone groups is 1. The summed E-state index contributed by atoms with van der Waals surface area (Å²) in [6.45, 7) is 4.16. The lowest BCUT2D eigenvalue weighted by molar-refractivity contribution is 0.0944. The van der Waals surface area contributed by atoms with E-state index in [9.17, 15) is 13.2 Å². The van der Waals surface area contributed by atoms with E-state index in [0.717, 1.165) is 23.3 Å². The first kappa shape index (κ1) is 18.1. The van der Waals surface area contributed by atoms with Crippen molar-refractivity contribution in [3.8, 4) is 0 Å². The number of carbonyl (C=O) groups excluding carboxylic acids is 1. The van der Waals surface area contributed by atoms with Gasteiger partial charge < -0.3 is 5.32 Å². The van der Waals surface area contributed by atoms with Crippen molar-refractivity contribution in [1.82, 2.24) is 5.32 Å². The highest BCUT2D eigenvalue weighted by Gasteiger charge is 2.21. The molecule has 1 aliphatic carbocycles. The van der Waals surface area contributed by atoms with Gasteiger partial charge in [0.05, 0.1) is 15.8 Å². The second-order valence-corrected chi connectivity index (χ2v) is 10.1. The minimum atomic E-state index is -3.20. The molecule has 1 amide bonds. The number of hydrogen-bond donors (Lipinski definition) is 1. The lowest BCUT2D eigenvalue weighted by Crippen LogP contribution is -2.25. The monoisotopic (exact) mass is 377 g/mol. The van der Waals surface area contributed by atoms with Crippen LogP contribution in [0.2, 0.25) is 0 Å². The summed E-state index contributed by atoms with van der Waals surface area (Å²) in [5, 5.41) is 3.01. The Labute approximate surface area is 153 Å². The van der Waals surface area contributed by atoms with Crippen molar-refractivity contribution in [2.45, 2.75) is 44.0 Å². The number of benzene rings is 1. The fourth-order valence-corrected chi connectivity index (χ4v) is 4.91. The molecular weight excluding hydrogens is 354 g/mol. The molecule has 0 bridgehead atoms. The summed E-state index contributed by atoms with van der Waals surface area (Å²) in [5.74, 6) is 0.622. The fraction of sp³-hybridized carbons (Fsp3) is 0.421. The molecule has 0 saturated heterocycles. The number of hydrogen-bond acceptors (Lipinski definition) is 4. The van der Waals surface area contributed by atoms with Crippen LogP contribution in [0, 0.1) is 5.92 Å². The van der Waals surface area contributed by atoms with Crippen molar-refractivity contribution >= 4 is 27.1 Å². The van der Waals surface area contributed by atoms with Crippen molar-refractivity contribution in [2.75, 3.05) is 6.26 Å². The van der Waals surface area contributed by atoms with Crippen molar-refractivity contribution in [3.63, 3.8) is 0 Å². The summed E-state index contributed by atoms with van der Waals surface area (Å²) < 4.78 is 23.1. The molecule has 2 aromatic rings. The van der Waals surface area contributed by atoms with Crippen LogP contribution in [0.4, 0.5) is 0 Å². The van der Waals surface area contributed by atoms with Crippen LogP contribution in [-0.4, -0.2) is 20.6 Å². The van der Waals surface area contributed by atoms with Gasteiger partial charge in [-0.05, 0) is 61.4 Å². The smallest absolute Gasteiger partial charge is 0.261 e. The van der Waals surface area contributed by atoms with Gasteiger partial charge in [-0.2, -0.15) is 0 Å². The zero-order valence-electron chi connectivity index (χ0n) is 14.7. The van der Waals surface area contributed by atoms with Crippen LogP contribution >= 0.6 is 11.3 Å². The maximum Gasteiger partial charge on any atom is 0.261 e. The normalized spacial score (nSPS) is 18.4. The molecule has 2 unspecified atom stereocenters. The standard InChI is InChI=1S/C19H23NO3S2/c1-12-4-9-17-15(10-12)11-18(24-17)19(21)20-13(2)14-5-7-16(8-6-14)25(3,22)23/h5-8,11-13H,4,9-10H2,1-3H3,(H,20,21). The van der Waals surface area contributed by atoms with Gasteiger partial charge in [-0.3, -0.25) is 4.79 Å². The third kappa shape index (κ3) is 4.12. The molecule has 2 atom stereocenters. The Balaban J connectivity index is 1.70. The molecule has 0 spiro atoms. The van der Waals surface area contributed by atoms with Gasteiger partial charge in [0.1, 0.15) is 0 Å². The quantitative estimate of drug-likeness (QED) is 0.882. The summed E-state index contributed by atoms with van der Waals surface area (Å²) in [7, 11) is -3.20. The first-order chi connectivity index (χ1) is 11.7. The minimum absolute atomic E-state index is 0.0632. The Hall–Kier alpha value is -1.66. The predicted molar refractivity (Wildman–Crippen MR) is 101 cm³/mol. The van der Waals surface area contributed by atoms with Crippen LogP contribution in [0.3, 0.4) is 0 Å². The predicted octanol–water partition coefficient (Wildman–Crippen LogP) is 3.77. The molecule has 6 heteroatoms. The van der Waals surface area contributed by atoms with Gasteiger partial charge in [0, 0.05) is 11.1 Å². The van der Waals surface area contributed by atoms with Crippen LogP contribution in [0.25, 0.3) is 0 Å². The van der Waals surface area contributed by atoms with Crippen molar-refractivity contribution in [1.29, 1.82) is 0 Å². The second-order valence-electron chi connectivity index (χ2n) is 6.94. The number of carbonyl (C=O) groups is 1. The Bertz CT molecular complexity index is 882. The molecule has 1 aromatic carbocycles. The molecule has 1 heterocycles. The van der Waals surface area contributed by atoms with Crippen molar-refractivity contribution in [3.05, 3.63) is 51.2 Å². The molecule has 0 radical (unpaired) electrons. The molecular formula is C19H23NO3S2. The van der Waals surface area contributed by atoms with E-state index in [1.807, 2.05) is 13.0 Å². The number of thiophene rings is 1. The van der Waals surface area contributed by atoms with Crippen LogP contribution in [0.5, 0.6) is 0 Å². The molecule has 134 valence electrons. The third-order valence-corrected chi connectivity index (χ3v) is 7.07. The van der Waals surface area contributed by atoms with E-state index in [2.05, 4.69) is 12.2 Å². The zero-order chi connectivity index (χ0) is 18.2. The van der Waals surface area contributed by atoms with Gasteiger partial charge in [0.25, 0.3) is 5.91 Å². The average Bonchev–Trinajstić information content (AvgIpc) is 2.97. The topological polar surface area (TPSA) is 63.2 Å². The minimum Gasteiger partial charge on any atom is -0.345 e. The van der Waals surface area contributed by atoms with Crippen LogP contribution in [0.1, 0.15) is 52.0 Å². The summed E-state index contributed by atoms with van der Waals surface area (Å²) in [4.78, 5) is 14.9. The zero-order valence-corrected chi connectivity index (χ0v) is 16.3. The van der Waals surface area contributed by atoms with Crippen molar-refractivity contribution in [2.24, 2.45) is 5.92 Å². The second kappa shape index (κ2) is 6.92. The van der Waals surface area contributed by atoms with E-state index in [-0.39, 0.29) is 16.8 Å². The van der Waals surface area contributed by atoms with Crippen molar-refractivity contribution < 1.29 is 13.2 Å². The number of amides is 1. The molecule has 0 aliphatic heterocycles. The lowest BCUT2D eigenvalue weighted by Gasteiger charge is -2.16. The van der Waals surface area contributed by atoms with Gasteiger partial charge in [-0.25, -0.2) is 8.42 Å². The number of nitrogens with one attached hydrogen (secondary N) is 1. The Kier molecular flexibility index (Phi) is 5.02. The van der Waals surface area contributed by atoms with Gasteiger partial charge in [-0.1, -0.05) is 19.1 Å². The van der Waals surface area contributed by atoms with Gasteiger partial charge in [0.2, 0.25) is 0 Å².